The third-order valence-electron chi connectivity index (χ3n) is 7.61. The Bertz CT molecular complexity index is 1300. The number of carbonyl (C=O) groups is 1. The second-order valence-corrected chi connectivity index (χ2v) is 11.1. The lowest BCUT2D eigenvalue weighted by Crippen LogP contribution is -2.07. The van der Waals surface area contributed by atoms with Crippen LogP contribution in [0.3, 0.4) is 0 Å². The lowest BCUT2D eigenvalue weighted by molar-refractivity contribution is -0.137. The molecule has 2 aliphatic rings. The van der Waals surface area contributed by atoms with Gasteiger partial charge in [-0.3, -0.25) is 4.79 Å². The lowest BCUT2D eigenvalue weighted by atomic mass is 9.88. The van der Waals surface area contributed by atoms with Crippen molar-refractivity contribution in [3.8, 4) is 5.75 Å². The molecule has 0 saturated carbocycles. The molecule has 3 N–H and O–H groups in total. The van der Waals surface area contributed by atoms with Crippen molar-refractivity contribution in [1.82, 2.24) is 9.97 Å². The number of ether oxygens (including phenoxy) is 3. The molecule has 2 fully saturated rings. The average Bonchev–Trinajstić information content (AvgIpc) is 3.51. The van der Waals surface area contributed by atoms with Gasteiger partial charge in [0.25, 0.3) is 0 Å². The zero-order chi connectivity index (χ0) is 30.7. The van der Waals surface area contributed by atoms with Crippen LogP contribution in [0.1, 0.15) is 74.8 Å². The number of aromatic nitrogens is 2. The first-order valence-corrected chi connectivity index (χ1v) is 16.0. The minimum absolute atomic E-state index is 0.0434. The van der Waals surface area contributed by atoms with Crippen molar-refractivity contribution in [3.05, 3.63) is 90.3 Å². The van der Waals surface area contributed by atoms with E-state index in [0.717, 1.165) is 79.4 Å². The first-order valence-electron chi connectivity index (χ1n) is 16.0. The number of fused-ring (bicyclic) bond motifs is 1. The molecule has 2 saturated heterocycles. The molecule has 2 aromatic carbocycles. The molecule has 0 amide bonds. The van der Waals surface area contributed by atoms with Crippen LogP contribution in [0.15, 0.2) is 79.1 Å². The van der Waals surface area contributed by atoms with Crippen LogP contribution < -0.4 is 10.1 Å². The van der Waals surface area contributed by atoms with E-state index >= 15 is 0 Å². The molecular formula is C36H47N3O5. The summed E-state index contributed by atoms with van der Waals surface area (Å²) in [5.74, 6) is 0.669. The number of nitrogens with one attached hydrogen (secondary N) is 2. The first kappa shape index (κ1) is 33.0. The number of hydrogen-bond donors (Lipinski definition) is 3. The Hall–Kier alpha value is -3.88. The summed E-state index contributed by atoms with van der Waals surface area (Å²) in [4.78, 5) is 19.0. The van der Waals surface area contributed by atoms with E-state index in [4.69, 9.17) is 14.2 Å². The molecule has 6 rings (SSSR count). The number of aromatic amines is 1. The van der Waals surface area contributed by atoms with Gasteiger partial charge in [-0.15, -0.1) is 0 Å². The predicted octanol–water partition coefficient (Wildman–Crippen LogP) is 7.81. The van der Waals surface area contributed by atoms with E-state index in [1.807, 2.05) is 72.9 Å². The van der Waals surface area contributed by atoms with Gasteiger partial charge in [-0.2, -0.15) is 0 Å². The number of pyridine rings is 1. The summed E-state index contributed by atoms with van der Waals surface area (Å²) in [6, 6.07) is 21.5. The molecule has 0 aliphatic carbocycles. The fourth-order valence-corrected chi connectivity index (χ4v) is 5.25. The Balaban J connectivity index is 0.000000304. The Morgan fingerprint density at radius 3 is 2.18 bits per heavy atom. The monoisotopic (exact) mass is 601 g/mol. The zero-order valence-electron chi connectivity index (χ0n) is 25.7. The summed E-state index contributed by atoms with van der Waals surface area (Å²) < 4.78 is 16.1. The molecule has 1 unspecified atom stereocenters. The Morgan fingerprint density at radius 1 is 0.886 bits per heavy atom. The molecule has 8 nitrogen and oxygen atoms in total. The molecule has 8 heteroatoms. The van der Waals surface area contributed by atoms with Gasteiger partial charge in [0.1, 0.15) is 11.6 Å². The fourth-order valence-electron chi connectivity index (χ4n) is 5.25. The van der Waals surface area contributed by atoms with E-state index in [-0.39, 0.29) is 12.3 Å². The van der Waals surface area contributed by atoms with E-state index in [2.05, 4.69) is 15.3 Å². The van der Waals surface area contributed by atoms with Gasteiger partial charge in [-0.1, -0.05) is 36.4 Å². The number of carboxylic acid groups (broad SMARTS) is 1. The van der Waals surface area contributed by atoms with Gasteiger partial charge in [0.15, 0.2) is 0 Å². The van der Waals surface area contributed by atoms with Crippen molar-refractivity contribution in [2.45, 2.75) is 63.7 Å². The highest BCUT2D eigenvalue weighted by Gasteiger charge is 2.21. The molecular weight excluding hydrogens is 554 g/mol. The van der Waals surface area contributed by atoms with Crippen LogP contribution in [-0.2, 0) is 14.3 Å². The fraction of sp³-hybridized carbons (Fsp3) is 0.444. The van der Waals surface area contributed by atoms with Crippen LogP contribution in [0.5, 0.6) is 5.75 Å². The minimum Gasteiger partial charge on any atom is -0.494 e. The van der Waals surface area contributed by atoms with Crippen LogP contribution in [-0.4, -0.2) is 60.6 Å². The lowest BCUT2D eigenvalue weighted by Gasteiger charge is -2.15. The van der Waals surface area contributed by atoms with Crippen molar-refractivity contribution in [1.29, 1.82) is 0 Å². The van der Waals surface area contributed by atoms with Crippen molar-refractivity contribution in [3.63, 3.8) is 0 Å². The largest absolute Gasteiger partial charge is 0.494 e. The zero-order valence-corrected chi connectivity index (χ0v) is 25.7. The third kappa shape index (κ3) is 11.7. The third-order valence-corrected chi connectivity index (χ3v) is 7.61. The van der Waals surface area contributed by atoms with Crippen LogP contribution in [0, 0.1) is 0 Å². The van der Waals surface area contributed by atoms with E-state index < -0.39 is 5.97 Å². The second kappa shape index (κ2) is 19.4. The number of H-pyrrole nitrogens is 1. The molecule has 2 aromatic heterocycles. The van der Waals surface area contributed by atoms with Gasteiger partial charge < -0.3 is 29.6 Å². The van der Waals surface area contributed by atoms with Gasteiger partial charge in [0.05, 0.1) is 13.0 Å². The number of unbranched alkanes of at least 4 members (excludes halogenated alkanes) is 1. The van der Waals surface area contributed by atoms with Crippen molar-refractivity contribution in [2.24, 2.45) is 0 Å². The van der Waals surface area contributed by atoms with E-state index in [0.29, 0.717) is 6.61 Å². The molecule has 4 heterocycles. The van der Waals surface area contributed by atoms with Crippen LogP contribution >= 0.6 is 0 Å². The van der Waals surface area contributed by atoms with Gasteiger partial charge in [-0.25, -0.2) is 4.98 Å². The standard InChI is InChI=1S/C26H27N3O3.2C5H10O/c30-26(31)17-22(19-8-2-1-3-9-19)23-18-29-24-16-20(11-12-21(23)24)32-15-7-6-14-28-25-10-4-5-13-27-25;2*1-2-4-6-5-3-1/h1-5,8-13,16,18,22,29H,6-7,14-15,17H2,(H,27,28)(H,30,31);2*1-5H2. The number of hydrogen-bond acceptors (Lipinski definition) is 6. The quantitative estimate of drug-likeness (QED) is 0.151. The summed E-state index contributed by atoms with van der Waals surface area (Å²) in [6.07, 6.45) is 13.5. The number of nitrogens with zero attached hydrogens (tertiary/aromatic N) is 1. The van der Waals surface area contributed by atoms with E-state index in [1.54, 1.807) is 6.20 Å². The maximum absolute atomic E-state index is 11.5. The smallest absolute Gasteiger partial charge is 0.304 e. The maximum atomic E-state index is 11.5. The molecule has 0 bridgehead atoms. The summed E-state index contributed by atoms with van der Waals surface area (Å²) in [5.41, 5.74) is 2.93. The Kier molecular flexibility index (Phi) is 14.6. The number of aliphatic carboxylic acids is 1. The second-order valence-electron chi connectivity index (χ2n) is 11.1. The molecule has 0 radical (unpaired) electrons. The minimum atomic E-state index is -0.814. The molecule has 44 heavy (non-hydrogen) atoms. The summed E-state index contributed by atoms with van der Waals surface area (Å²) in [6.45, 7) is 5.48. The molecule has 236 valence electrons. The number of rotatable bonds is 11. The van der Waals surface area contributed by atoms with Gasteiger partial charge in [0, 0.05) is 68.3 Å². The SMILES string of the molecule is C1CCOCC1.C1CCOCC1.O=C(O)CC(c1ccccc1)c1c[nH]c2cc(OCCCCNc3ccccn3)ccc12. The number of carboxylic acids is 1. The maximum Gasteiger partial charge on any atom is 0.304 e. The highest BCUT2D eigenvalue weighted by atomic mass is 16.5. The topological polar surface area (TPSA) is 106 Å². The van der Waals surface area contributed by atoms with Crippen LogP contribution in [0.2, 0.25) is 0 Å². The van der Waals surface area contributed by atoms with Crippen molar-refractivity contribution in [2.75, 3.05) is 44.9 Å². The Morgan fingerprint density at radius 2 is 1.59 bits per heavy atom. The van der Waals surface area contributed by atoms with Gasteiger partial charge in [-0.05, 0) is 86.8 Å². The molecule has 4 aromatic rings. The number of anilines is 1. The normalized spacial score (nSPS) is 15.2. The predicted molar refractivity (Wildman–Crippen MR) is 176 cm³/mol. The van der Waals surface area contributed by atoms with Crippen LogP contribution in [0.4, 0.5) is 5.82 Å². The Labute approximate surface area is 261 Å². The highest BCUT2D eigenvalue weighted by Crippen LogP contribution is 2.34. The molecule has 1 atom stereocenters. The first-order chi connectivity index (χ1) is 21.7. The van der Waals surface area contributed by atoms with Gasteiger partial charge >= 0.3 is 5.97 Å². The molecule has 2 aliphatic heterocycles. The molecule has 0 spiro atoms. The number of benzene rings is 2. The summed E-state index contributed by atoms with van der Waals surface area (Å²) in [5, 5.41) is 13.8. The van der Waals surface area contributed by atoms with Crippen LogP contribution in [0.25, 0.3) is 10.9 Å². The summed E-state index contributed by atoms with van der Waals surface area (Å²) >= 11 is 0. The average molecular weight is 602 g/mol. The van der Waals surface area contributed by atoms with E-state index in [1.165, 1.54) is 38.5 Å². The van der Waals surface area contributed by atoms with Crippen molar-refractivity contribution >= 4 is 22.7 Å². The van der Waals surface area contributed by atoms with E-state index in [9.17, 15) is 9.90 Å². The van der Waals surface area contributed by atoms with Gasteiger partial charge in [0.2, 0.25) is 0 Å². The van der Waals surface area contributed by atoms with Crippen molar-refractivity contribution < 1.29 is 24.1 Å². The highest BCUT2D eigenvalue weighted by molar-refractivity contribution is 5.86. The summed E-state index contributed by atoms with van der Waals surface area (Å²) in [7, 11) is 0.